The summed E-state index contributed by atoms with van der Waals surface area (Å²) in [5.41, 5.74) is 6.44. The molecule has 0 aliphatic carbocycles. The van der Waals surface area contributed by atoms with Crippen molar-refractivity contribution < 1.29 is 4.79 Å². The fraction of sp³-hybridized carbons (Fsp3) is 0.250. The predicted molar refractivity (Wildman–Crippen MR) is 24.0 cm³/mol. The van der Waals surface area contributed by atoms with Gasteiger partial charge in [-0.1, -0.05) is 0 Å². The third kappa shape index (κ3) is 0.559. The molecule has 37 valence electrons. The maximum Gasteiger partial charge on any atom is 0.290 e. The molecule has 0 aromatic carbocycles. The topological polar surface area (TPSA) is 43.2 Å². The molecule has 1 aliphatic heterocycles. The Morgan fingerprint density at radius 2 is 2.57 bits per heavy atom. The molecule has 0 saturated heterocycles. The summed E-state index contributed by atoms with van der Waals surface area (Å²) < 4.78 is 0. The second-order valence-corrected chi connectivity index (χ2v) is 1.37. The zero-order valence-corrected chi connectivity index (χ0v) is 3.93. The van der Waals surface area contributed by atoms with Crippen LogP contribution in [0.3, 0.4) is 0 Å². The lowest BCUT2D eigenvalue weighted by molar-refractivity contribution is -0.117. The second kappa shape index (κ2) is 1.26. The van der Waals surface area contributed by atoms with Crippen molar-refractivity contribution in [2.45, 2.75) is 6.92 Å². The van der Waals surface area contributed by atoms with Gasteiger partial charge in [0, 0.05) is 11.8 Å². The van der Waals surface area contributed by atoms with Crippen LogP contribution in [0.15, 0.2) is 11.8 Å². The van der Waals surface area contributed by atoms with Crippen LogP contribution >= 0.6 is 0 Å². The molecule has 1 rings (SSSR count). The molecule has 0 fully saturated rings. The molecule has 7 heavy (non-hydrogen) atoms. The molecule has 0 atom stereocenters. The minimum Gasteiger partial charge on any atom is -0.282 e. The van der Waals surface area contributed by atoms with E-state index in [1.807, 2.05) is 0 Å². The summed E-state index contributed by atoms with van der Waals surface area (Å²) in [6.45, 7) is 1.71. The first-order valence-corrected chi connectivity index (χ1v) is 1.98. The average molecular weight is 97.1 g/mol. The minimum absolute atomic E-state index is 0.167. The molecular weight excluding hydrogens is 92.1 g/mol. The molecule has 0 aromatic heterocycles. The molecular formula is C4H5N2O. The van der Waals surface area contributed by atoms with Gasteiger partial charge in [0.2, 0.25) is 0 Å². The first-order chi connectivity index (χ1) is 3.30. The molecule has 3 heteroatoms. The molecule has 0 bridgehead atoms. The first kappa shape index (κ1) is 4.18. The average Bonchev–Trinajstić information content (AvgIpc) is 1.91. The molecule has 1 radical (unpaired) electrons. The predicted octanol–water partition coefficient (Wildman–Crippen LogP) is -0.461. The number of hydrogen-bond donors (Lipinski definition) is 1. The third-order valence-electron chi connectivity index (χ3n) is 0.784. The van der Waals surface area contributed by atoms with E-state index in [0.29, 0.717) is 5.57 Å². The van der Waals surface area contributed by atoms with Gasteiger partial charge in [-0.25, -0.2) is 0 Å². The highest BCUT2D eigenvalue weighted by molar-refractivity contribution is 5.93. The van der Waals surface area contributed by atoms with E-state index in [1.54, 1.807) is 13.1 Å². The van der Waals surface area contributed by atoms with Crippen molar-refractivity contribution in [3.63, 3.8) is 0 Å². The van der Waals surface area contributed by atoms with Crippen molar-refractivity contribution in [3.8, 4) is 0 Å². The van der Waals surface area contributed by atoms with E-state index < -0.39 is 0 Å². The molecule has 0 saturated carbocycles. The van der Waals surface area contributed by atoms with Gasteiger partial charge in [0.15, 0.2) is 0 Å². The monoisotopic (exact) mass is 97.0 g/mol. The number of amides is 1. The maximum atomic E-state index is 10.3. The standard InChI is InChI=1S/C4H5N2O/c1-3-2-5-6-4(3)7/h2,5H,1H3. The van der Waals surface area contributed by atoms with Crippen molar-refractivity contribution in [1.82, 2.24) is 10.9 Å². The van der Waals surface area contributed by atoms with Crippen molar-refractivity contribution in [3.05, 3.63) is 11.8 Å². The van der Waals surface area contributed by atoms with Gasteiger partial charge in [-0.3, -0.25) is 10.2 Å². The lowest BCUT2D eigenvalue weighted by Gasteiger charge is -1.81. The number of hydrogen-bond acceptors (Lipinski definition) is 2. The van der Waals surface area contributed by atoms with Gasteiger partial charge in [0.25, 0.3) is 5.91 Å². The third-order valence-corrected chi connectivity index (χ3v) is 0.784. The molecule has 1 N–H and O–H groups in total. The van der Waals surface area contributed by atoms with Gasteiger partial charge >= 0.3 is 0 Å². The van der Waals surface area contributed by atoms with E-state index in [2.05, 4.69) is 10.9 Å². The molecule has 1 heterocycles. The summed E-state index contributed by atoms with van der Waals surface area (Å²) in [5, 5.41) is 0. The van der Waals surface area contributed by atoms with Gasteiger partial charge in [-0.15, -0.1) is 5.43 Å². The zero-order chi connectivity index (χ0) is 5.28. The molecule has 0 spiro atoms. The van der Waals surface area contributed by atoms with Crippen LogP contribution in [0, 0.1) is 0 Å². The van der Waals surface area contributed by atoms with Gasteiger partial charge in [-0.2, -0.15) is 0 Å². The van der Waals surface area contributed by atoms with Crippen LogP contribution in [0.4, 0.5) is 0 Å². The Morgan fingerprint density at radius 3 is 2.71 bits per heavy atom. The van der Waals surface area contributed by atoms with Crippen LogP contribution < -0.4 is 10.9 Å². The molecule has 1 aliphatic rings. The van der Waals surface area contributed by atoms with E-state index in [-0.39, 0.29) is 5.91 Å². The lowest BCUT2D eigenvalue weighted by Crippen LogP contribution is -2.17. The zero-order valence-electron chi connectivity index (χ0n) is 3.93. The van der Waals surface area contributed by atoms with Crippen molar-refractivity contribution in [1.29, 1.82) is 0 Å². The summed E-state index contributed by atoms with van der Waals surface area (Å²) in [7, 11) is 0. The quantitative estimate of drug-likeness (QED) is 0.444. The number of nitrogens with zero attached hydrogens (tertiary/aromatic N) is 1. The summed E-state index contributed by atoms with van der Waals surface area (Å²) >= 11 is 0. The SMILES string of the molecule is CC1=CN[N]C1=O. The highest BCUT2D eigenvalue weighted by Crippen LogP contribution is 1.93. The Balaban J connectivity index is 2.72. The minimum atomic E-state index is -0.167. The molecule has 0 aromatic rings. The molecule has 0 unspecified atom stereocenters. The Hall–Kier alpha value is -0.990. The van der Waals surface area contributed by atoms with Gasteiger partial charge < -0.3 is 0 Å². The smallest absolute Gasteiger partial charge is 0.282 e. The number of nitrogens with one attached hydrogen (secondary N) is 1. The van der Waals surface area contributed by atoms with Crippen LogP contribution in [-0.2, 0) is 4.79 Å². The van der Waals surface area contributed by atoms with E-state index in [4.69, 9.17) is 0 Å². The van der Waals surface area contributed by atoms with Crippen molar-refractivity contribution in [2.75, 3.05) is 0 Å². The molecule has 1 amide bonds. The summed E-state index contributed by atoms with van der Waals surface area (Å²) in [4.78, 5) is 10.3. The summed E-state index contributed by atoms with van der Waals surface area (Å²) in [5.74, 6) is -0.167. The van der Waals surface area contributed by atoms with Crippen LogP contribution in [0.25, 0.3) is 0 Å². The second-order valence-electron chi connectivity index (χ2n) is 1.37. The molecule has 3 nitrogen and oxygen atoms in total. The summed E-state index contributed by atoms with van der Waals surface area (Å²) in [6.07, 6.45) is 1.57. The Bertz CT molecular complexity index is 128. The van der Waals surface area contributed by atoms with E-state index in [0.717, 1.165) is 0 Å². The normalized spacial score (nSPS) is 17.9. The van der Waals surface area contributed by atoms with Crippen LogP contribution in [0.2, 0.25) is 0 Å². The fourth-order valence-corrected chi connectivity index (χ4v) is 0.338. The number of carbonyl (C=O) groups is 1. The number of rotatable bonds is 0. The van der Waals surface area contributed by atoms with E-state index in [1.165, 1.54) is 0 Å². The van der Waals surface area contributed by atoms with Crippen molar-refractivity contribution >= 4 is 5.91 Å². The van der Waals surface area contributed by atoms with Crippen molar-refractivity contribution in [2.24, 2.45) is 0 Å². The van der Waals surface area contributed by atoms with Gasteiger partial charge in [-0.05, 0) is 6.92 Å². The Kier molecular flexibility index (Phi) is 0.749. The lowest BCUT2D eigenvalue weighted by atomic mass is 10.3. The fourth-order valence-electron chi connectivity index (χ4n) is 0.338. The van der Waals surface area contributed by atoms with Gasteiger partial charge in [0.1, 0.15) is 0 Å². The largest absolute Gasteiger partial charge is 0.290 e. The van der Waals surface area contributed by atoms with E-state index >= 15 is 0 Å². The van der Waals surface area contributed by atoms with Gasteiger partial charge in [0.05, 0.1) is 0 Å². The highest BCUT2D eigenvalue weighted by Gasteiger charge is 2.09. The van der Waals surface area contributed by atoms with Crippen LogP contribution in [-0.4, -0.2) is 5.91 Å². The highest BCUT2D eigenvalue weighted by atomic mass is 16.2. The first-order valence-electron chi connectivity index (χ1n) is 1.98. The van der Waals surface area contributed by atoms with E-state index in [9.17, 15) is 4.79 Å². The number of carbonyl (C=O) groups excluding carboxylic acids is 1. The summed E-state index contributed by atoms with van der Waals surface area (Å²) in [6, 6.07) is 0. The van der Waals surface area contributed by atoms with Crippen LogP contribution in [0.1, 0.15) is 6.92 Å². The Labute approximate surface area is 41.4 Å². The maximum absolute atomic E-state index is 10.3. The van der Waals surface area contributed by atoms with Crippen LogP contribution in [0.5, 0.6) is 0 Å². The Morgan fingerprint density at radius 1 is 1.86 bits per heavy atom.